The molecule has 4 nitrogen and oxygen atoms in total. The average molecular weight is 259 g/mol. The summed E-state index contributed by atoms with van der Waals surface area (Å²) in [6.45, 7) is 2.88. The Bertz CT molecular complexity index is 495. The average Bonchev–Trinajstić information content (AvgIpc) is 2.94. The van der Waals surface area contributed by atoms with Crippen molar-refractivity contribution in [1.82, 2.24) is 9.78 Å². The molecule has 102 valence electrons. The minimum Gasteiger partial charge on any atom is -0.385 e. The molecule has 1 aromatic heterocycles. The lowest BCUT2D eigenvalue weighted by molar-refractivity contribution is 0.174. The van der Waals surface area contributed by atoms with Crippen molar-refractivity contribution in [3.8, 4) is 5.69 Å². The molecule has 0 aliphatic carbocycles. The van der Waals surface area contributed by atoms with Crippen LogP contribution in [-0.2, 0) is 4.74 Å². The van der Waals surface area contributed by atoms with Crippen LogP contribution in [0.4, 0.5) is 0 Å². The van der Waals surface area contributed by atoms with Crippen molar-refractivity contribution in [2.24, 2.45) is 11.7 Å². The van der Waals surface area contributed by atoms with E-state index in [1.54, 1.807) is 7.11 Å². The molecule has 2 aromatic rings. The molecule has 0 saturated carbocycles. The van der Waals surface area contributed by atoms with Crippen molar-refractivity contribution < 1.29 is 4.74 Å². The quantitative estimate of drug-likeness (QED) is 0.867. The standard InChI is InChI=1S/C15H21N3O/c1-12(8-9-19-2)15(16)13-10-17-18(11-13)14-6-4-3-5-7-14/h3-7,10-12,15H,8-9,16H2,1-2H3. The summed E-state index contributed by atoms with van der Waals surface area (Å²) in [6.07, 6.45) is 4.80. The number of rotatable bonds is 6. The van der Waals surface area contributed by atoms with E-state index in [0.29, 0.717) is 5.92 Å². The molecule has 1 aromatic carbocycles. The van der Waals surface area contributed by atoms with Gasteiger partial charge in [0.1, 0.15) is 0 Å². The summed E-state index contributed by atoms with van der Waals surface area (Å²) in [5.74, 6) is 0.369. The zero-order valence-corrected chi connectivity index (χ0v) is 11.5. The van der Waals surface area contributed by atoms with Crippen molar-refractivity contribution in [3.63, 3.8) is 0 Å². The number of methoxy groups -OCH3 is 1. The zero-order valence-electron chi connectivity index (χ0n) is 11.5. The van der Waals surface area contributed by atoms with E-state index in [2.05, 4.69) is 12.0 Å². The summed E-state index contributed by atoms with van der Waals surface area (Å²) >= 11 is 0. The summed E-state index contributed by atoms with van der Waals surface area (Å²) < 4.78 is 6.96. The fraction of sp³-hybridized carbons (Fsp3) is 0.400. The van der Waals surface area contributed by atoms with E-state index in [0.717, 1.165) is 24.3 Å². The monoisotopic (exact) mass is 259 g/mol. The third-order valence-corrected chi connectivity index (χ3v) is 3.40. The molecule has 0 radical (unpaired) electrons. The van der Waals surface area contributed by atoms with Gasteiger partial charge in [-0.15, -0.1) is 0 Å². The van der Waals surface area contributed by atoms with Gasteiger partial charge in [-0.25, -0.2) is 4.68 Å². The first kappa shape index (κ1) is 13.8. The predicted molar refractivity (Wildman–Crippen MR) is 76.1 cm³/mol. The Morgan fingerprint density at radius 3 is 2.74 bits per heavy atom. The van der Waals surface area contributed by atoms with Gasteiger partial charge in [-0.3, -0.25) is 0 Å². The number of aromatic nitrogens is 2. The minimum atomic E-state index is -0.00684. The van der Waals surface area contributed by atoms with Gasteiger partial charge in [0.25, 0.3) is 0 Å². The predicted octanol–water partition coefficient (Wildman–Crippen LogP) is 2.54. The highest BCUT2D eigenvalue weighted by Gasteiger charge is 2.16. The molecular weight excluding hydrogens is 238 g/mol. The van der Waals surface area contributed by atoms with Crippen LogP contribution < -0.4 is 5.73 Å². The molecule has 0 spiro atoms. The fourth-order valence-corrected chi connectivity index (χ4v) is 2.04. The molecule has 0 saturated heterocycles. The second kappa shape index (κ2) is 6.50. The normalized spacial score (nSPS) is 14.3. The Labute approximate surface area is 114 Å². The Morgan fingerprint density at radius 1 is 1.32 bits per heavy atom. The van der Waals surface area contributed by atoms with E-state index in [1.165, 1.54) is 0 Å². The topological polar surface area (TPSA) is 53.1 Å². The summed E-state index contributed by atoms with van der Waals surface area (Å²) in [5.41, 5.74) is 8.37. The van der Waals surface area contributed by atoms with Crippen molar-refractivity contribution in [1.29, 1.82) is 0 Å². The number of benzene rings is 1. The number of ether oxygens (including phenoxy) is 1. The van der Waals surface area contributed by atoms with Crippen LogP contribution in [0.15, 0.2) is 42.7 Å². The van der Waals surface area contributed by atoms with Crippen LogP contribution in [-0.4, -0.2) is 23.5 Å². The smallest absolute Gasteiger partial charge is 0.0645 e. The molecular formula is C15H21N3O. The molecule has 0 amide bonds. The minimum absolute atomic E-state index is 0.00684. The zero-order chi connectivity index (χ0) is 13.7. The van der Waals surface area contributed by atoms with Crippen LogP contribution in [0, 0.1) is 5.92 Å². The summed E-state index contributed by atoms with van der Waals surface area (Å²) in [7, 11) is 1.71. The lowest BCUT2D eigenvalue weighted by atomic mass is 9.95. The number of nitrogens with two attached hydrogens (primary N) is 1. The summed E-state index contributed by atoms with van der Waals surface area (Å²) in [4.78, 5) is 0. The molecule has 2 N–H and O–H groups in total. The Morgan fingerprint density at radius 2 is 2.05 bits per heavy atom. The van der Waals surface area contributed by atoms with Crippen molar-refractivity contribution >= 4 is 0 Å². The van der Waals surface area contributed by atoms with Gasteiger partial charge in [0.15, 0.2) is 0 Å². The molecule has 0 fully saturated rings. The second-order valence-corrected chi connectivity index (χ2v) is 4.84. The van der Waals surface area contributed by atoms with E-state index < -0.39 is 0 Å². The Kier molecular flexibility index (Phi) is 4.71. The number of para-hydroxylation sites is 1. The maximum atomic E-state index is 6.26. The van der Waals surface area contributed by atoms with Crippen LogP contribution >= 0.6 is 0 Å². The van der Waals surface area contributed by atoms with Gasteiger partial charge in [0.05, 0.1) is 11.9 Å². The maximum absolute atomic E-state index is 6.26. The van der Waals surface area contributed by atoms with Gasteiger partial charge >= 0.3 is 0 Å². The van der Waals surface area contributed by atoms with Crippen LogP contribution in [0.3, 0.4) is 0 Å². The summed E-state index contributed by atoms with van der Waals surface area (Å²) in [6, 6.07) is 10.0. The van der Waals surface area contributed by atoms with E-state index >= 15 is 0 Å². The largest absolute Gasteiger partial charge is 0.385 e. The second-order valence-electron chi connectivity index (χ2n) is 4.84. The molecule has 2 unspecified atom stereocenters. The molecule has 0 aliphatic rings. The Balaban J connectivity index is 2.08. The Hall–Kier alpha value is -1.65. The van der Waals surface area contributed by atoms with Crippen molar-refractivity contribution in [3.05, 3.63) is 48.3 Å². The highest BCUT2D eigenvalue weighted by molar-refractivity contribution is 5.31. The number of hydrogen-bond donors (Lipinski definition) is 1. The first-order chi connectivity index (χ1) is 9.22. The molecule has 0 aliphatic heterocycles. The van der Waals surface area contributed by atoms with Crippen molar-refractivity contribution in [2.45, 2.75) is 19.4 Å². The van der Waals surface area contributed by atoms with Gasteiger partial charge < -0.3 is 10.5 Å². The molecule has 1 heterocycles. The number of nitrogens with zero attached hydrogens (tertiary/aromatic N) is 2. The SMILES string of the molecule is COCCC(C)C(N)c1cnn(-c2ccccc2)c1. The van der Waals surface area contributed by atoms with Crippen LogP contribution in [0.2, 0.25) is 0 Å². The molecule has 2 rings (SSSR count). The summed E-state index contributed by atoms with van der Waals surface area (Å²) in [5, 5.41) is 4.38. The fourth-order valence-electron chi connectivity index (χ4n) is 2.04. The number of hydrogen-bond acceptors (Lipinski definition) is 3. The lowest BCUT2D eigenvalue weighted by Gasteiger charge is -2.17. The third-order valence-electron chi connectivity index (χ3n) is 3.40. The van der Waals surface area contributed by atoms with Crippen molar-refractivity contribution in [2.75, 3.05) is 13.7 Å². The van der Waals surface area contributed by atoms with Gasteiger partial charge in [-0.2, -0.15) is 5.10 Å². The van der Waals surface area contributed by atoms with E-state index in [4.69, 9.17) is 10.5 Å². The highest BCUT2D eigenvalue weighted by Crippen LogP contribution is 2.22. The van der Waals surface area contributed by atoms with Crippen LogP contribution in [0.25, 0.3) is 5.69 Å². The van der Waals surface area contributed by atoms with Gasteiger partial charge in [-0.05, 0) is 24.5 Å². The van der Waals surface area contributed by atoms with E-state index in [9.17, 15) is 0 Å². The third kappa shape index (κ3) is 3.43. The van der Waals surface area contributed by atoms with Crippen LogP contribution in [0.5, 0.6) is 0 Å². The van der Waals surface area contributed by atoms with Crippen LogP contribution in [0.1, 0.15) is 24.9 Å². The van der Waals surface area contributed by atoms with Gasteiger partial charge in [-0.1, -0.05) is 25.1 Å². The molecule has 0 bridgehead atoms. The van der Waals surface area contributed by atoms with Gasteiger partial charge in [0.2, 0.25) is 0 Å². The molecule has 19 heavy (non-hydrogen) atoms. The van der Waals surface area contributed by atoms with E-state index in [1.807, 2.05) is 47.4 Å². The highest BCUT2D eigenvalue weighted by atomic mass is 16.5. The van der Waals surface area contributed by atoms with Gasteiger partial charge in [0, 0.05) is 31.5 Å². The molecule has 4 heteroatoms. The first-order valence-corrected chi connectivity index (χ1v) is 6.57. The lowest BCUT2D eigenvalue weighted by Crippen LogP contribution is -2.19. The van der Waals surface area contributed by atoms with E-state index in [-0.39, 0.29) is 6.04 Å². The first-order valence-electron chi connectivity index (χ1n) is 6.57. The maximum Gasteiger partial charge on any atom is 0.0645 e. The molecule has 2 atom stereocenters.